The SMILES string of the molecule is O=C(CN(Cc1cccs1)C[C@@H]1CCCO1)N1N=C(c2ccco2)C[C@@H]1c1cccs1. The van der Waals surface area contributed by atoms with Crippen molar-refractivity contribution >= 4 is 34.3 Å². The van der Waals surface area contributed by atoms with Crippen molar-refractivity contribution in [2.75, 3.05) is 19.7 Å². The Balaban J connectivity index is 1.35. The molecule has 2 atom stereocenters. The van der Waals surface area contributed by atoms with Gasteiger partial charge in [-0.3, -0.25) is 9.69 Å². The van der Waals surface area contributed by atoms with Crippen LogP contribution >= 0.6 is 22.7 Å². The van der Waals surface area contributed by atoms with Crippen molar-refractivity contribution in [1.82, 2.24) is 9.91 Å². The fourth-order valence-corrected chi connectivity index (χ4v) is 5.74. The van der Waals surface area contributed by atoms with Gasteiger partial charge in [0, 0.05) is 35.9 Å². The van der Waals surface area contributed by atoms with Gasteiger partial charge < -0.3 is 9.15 Å². The van der Waals surface area contributed by atoms with Gasteiger partial charge in [0.25, 0.3) is 5.91 Å². The molecule has 2 aliphatic heterocycles. The van der Waals surface area contributed by atoms with Gasteiger partial charge in [0.15, 0.2) is 0 Å². The number of rotatable bonds is 8. The second-order valence-electron chi connectivity index (χ2n) is 7.88. The molecule has 5 heterocycles. The molecule has 5 rings (SSSR count). The maximum absolute atomic E-state index is 13.5. The van der Waals surface area contributed by atoms with Gasteiger partial charge in [0.1, 0.15) is 11.5 Å². The molecule has 0 N–H and O–H groups in total. The predicted octanol–water partition coefficient (Wildman–Crippen LogP) is 4.76. The Morgan fingerprint density at radius 1 is 1.19 bits per heavy atom. The van der Waals surface area contributed by atoms with Crippen LogP contribution in [0.5, 0.6) is 0 Å². The molecule has 0 bridgehead atoms. The Kier molecular flexibility index (Phi) is 6.31. The zero-order chi connectivity index (χ0) is 21.0. The second kappa shape index (κ2) is 9.48. The number of hydrogen-bond acceptors (Lipinski definition) is 7. The monoisotopic (exact) mass is 455 g/mol. The molecule has 0 spiro atoms. The first kappa shape index (κ1) is 20.6. The number of hydrogen-bond donors (Lipinski definition) is 0. The fraction of sp³-hybridized carbons (Fsp3) is 0.391. The Labute approximate surface area is 189 Å². The van der Waals surface area contributed by atoms with E-state index in [0.717, 1.165) is 48.9 Å². The van der Waals surface area contributed by atoms with Gasteiger partial charge in [-0.2, -0.15) is 5.10 Å². The number of hydrazone groups is 1. The molecule has 31 heavy (non-hydrogen) atoms. The molecule has 0 aromatic carbocycles. The van der Waals surface area contributed by atoms with Crippen LogP contribution in [0.15, 0.2) is 62.9 Å². The van der Waals surface area contributed by atoms with Gasteiger partial charge in [-0.05, 0) is 47.9 Å². The van der Waals surface area contributed by atoms with Crippen LogP contribution in [0.3, 0.4) is 0 Å². The second-order valence-corrected chi connectivity index (χ2v) is 9.89. The summed E-state index contributed by atoms with van der Waals surface area (Å²) in [5.41, 5.74) is 0.820. The summed E-state index contributed by atoms with van der Waals surface area (Å²) in [6.07, 6.45) is 4.65. The summed E-state index contributed by atoms with van der Waals surface area (Å²) in [6, 6.07) is 11.9. The van der Waals surface area contributed by atoms with Crippen molar-refractivity contribution in [1.29, 1.82) is 0 Å². The van der Waals surface area contributed by atoms with E-state index in [4.69, 9.17) is 14.3 Å². The third-order valence-corrected chi connectivity index (χ3v) is 7.48. The summed E-state index contributed by atoms with van der Waals surface area (Å²) in [6.45, 7) is 2.63. The predicted molar refractivity (Wildman–Crippen MR) is 122 cm³/mol. The van der Waals surface area contributed by atoms with Gasteiger partial charge >= 0.3 is 0 Å². The minimum atomic E-state index is -0.0843. The van der Waals surface area contributed by atoms with Gasteiger partial charge in [-0.1, -0.05) is 12.1 Å². The Bertz CT molecular complexity index is 993. The van der Waals surface area contributed by atoms with Crippen molar-refractivity contribution in [2.45, 2.75) is 38.0 Å². The molecule has 0 saturated carbocycles. The number of nitrogens with zero attached hydrogens (tertiary/aromatic N) is 3. The van der Waals surface area contributed by atoms with Crippen molar-refractivity contribution in [3.63, 3.8) is 0 Å². The molecule has 1 saturated heterocycles. The molecule has 1 fully saturated rings. The lowest BCUT2D eigenvalue weighted by Gasteiger charge is -2.27. The van der Waals surface area contributed by atoms with Crippen LogP contribution in [0, 0.1) is 0 Å². The smallest absolute Gasteiger partial charge is 0.257 e. The lowest BCUT2D eigenvalue weighted by Crippen LogP contribution is -2.40. The van der Waals surface area contributed by atoms with E-state index in [1.807, 2.05) is 23.6 Å². The maximum Gasteiger partial charge on any atom is 0.257 e. The number of thiophene rings is 2. The molecule has 3 aromatic rings. The maximum atomic E-state index is 13.5. The van der Waals surface area contributed by atoms with Crippen molar-refractivity contribution in [2.24, 2.45) is 5.10 Å². The zero-order valence-corrected chi connectivity index (χ0v) is 18.8. The lowest BCUT2D eigenvalue weighted by atomic mass is 10.1. The first-order valence-corrected chi connectivity index (χ1v) is 12.4. The molecule has 0 radical (unpaired) electrons. The van der Waals surface area contributed by atoms with Crippen molar-refractivity contribution in [3.05, 3.63) is 68.9 Å². The standard InChI is InChI=1S/C23H25N3O3S2/c27-23(16-25(14-17-5-1-9-28-17)15-18-6-3-11-30-18)26-20(22-8-4-12-31-22)13-19(24-26)21-7-2-10-29-21/h2-4,6-8,10-12,17,20H,1,5,9,13-16H2/t17-,20+/m0/s1. The molecular formula is C23H25N3O3S2. The van der Waals surface area contributed by atoms with Crippen molar-refractivity contribution in [3.8, 4) is 0 Å². The van der Waals surface area contributed by atoms with Gasteiger partial charge in [-0.25, -0.2) is 5.01 Å². The normalized spacial score (nSPS) is 21.2. The van der Waals surface area contributed by atoms with Crippen LogP contribution in [0.2, 0.25) is 0 Å². The highest BCUT2D eigenvalue weighted by Crippen LogP contribution is 2.35. The lowest BCUT2D eigenvalue weighted by molar-refractivity contribution is -0.134. The average Bonchev–Trinajstić information content (AvgIpc) is 3.59. The molecule has 6 nitrogen and oxygen atoms in total. The first-order chi connectivity index (χ1) is 15.3. The zero-order valence-electron chi connectivity index (χ0n) is 17.2. The minimum absolute atomic E-state index is 0.00880. The minimum Gasteiger partial charge on any atom is -0.463 e. The third-order valence-electron chi connectivity index (χ3n) is 5.65. The Morgan fingerprint density at radius 2 is 2.10 bits per heavy atom. The molecular weight excluding hydrogens is 430 g/mol. The van der Waals surface area contributed by atoms with E-state index in [9.17, 15) is 4.79 Å². The summed E-state index contributed by atoms with van der Waals surface area (Å²) in [5, 5.41) is 10.5. The van der Waals surface area contributed by atoms with Gasteiger partial charge in [0.05, 0.1) is 25.0 Å². The Hall–Kier alpha value is -2.26. The molecule has 8 heteroatoms. The van der Waals surface area contributed by atoms with Crippen LogP contribution in [0.25, 0.3) is 0 Å². The number of carbonyl (C=O) groups is 1. The number of amides is 1. The largest absolute Gasteiger partial charge is 0.463 e. The quantitative estimate of drug-likeness (QED) is 0.491. The van der Waals surface area contributed by atoms with Crippen LogP contribution < -0.4 is 0 Å². The number of furan rings is 1. The van der Waals surface area contributed by atoms with E-state index in [-0.39, 0.29) is 18.1 Å². The van der Waals surface area contributed by atoms with Crippen molar-refractivity contribution < 1.29 is 13.9 Å². The third kappa shape index (κ3) is 4.82. The molecule has 162 valence electrons. The van der Waals surface area contributed by atoms with Crippen LogP contribution in [0.1, 0.15) is 40.8 Å². The molecule has 3 aromatic heterocycles. The number of carbonyl (C=O) groups excluding carboxylic acids is 1. The summed E-state index contributed by atoms with van der Waals surface area (Å²) >= 11 is 3.38. The summed E-state index contributed by atoms with van der Waals surface area (Å²) in [4.78, 5) is 18.1. The van der Waals surface area contributed by atoms with E-state index in [0.29, 0.717) is 13.0 Å². The summed E-state index contributed by atoms with van der Waals surface area (Å²) in [7, 11) is 0. The van der Waals surface area contributed by atoms with E-state index in [1.165, 1.54) is 4.88 Å². The molecule has 0 aliphatic carbocycles. The van der Waals surface area contributed by atoms with Crippen LogP contribution in [-0.4, -0.2) is 47.3 Å². The van der Waals surface area contributed by atoms with E-state index < -0.39 is 0 Å². The van der Waals surface area contributed by atoms with E-state index in [2.05, 4.69) is 28.5 Å². The summed E-state index contributed by atoms with van der Waals surface area (Å²) in [5.74, 6) is 0.737. The average molecular weight is 456 g/mol. The highest BCUT2D eigenvalue weighted by molar-refractivity contribution is 7.10. The topological polar surface area (TPSA) is 58.3 Å². The van der Waals surface area contributed by atoms with Gasteiger partial charge in [0.2, 0.25) is 0 Å². The molecule has 2 aliphatic rings. The first-order valence-electron chi connectivity index (χ1n) is 10.6. The molecule has 1 amide bonds. The van der Waals surface area contributed by atoms with Gasteiger partial charge in [-0.15, -0.1) is 22.7 Å². The van der Waals surface area contributed by atoms with Crippen LogP contribution in [-0.2, 0) is 16.1 Å². The highest BCUT2D eigenvalue weighted by atomic mass is 32.1. The Morgan fingerprint density at radius 3 is 2.81 bits per heavy atom. The van der Waals surface area contributed by atoms with E-state index in [1.54, 1.807) is 33.9 Å². The van der Waals surface area contributed by atoms with Crippen LogP contribution in [0.4, 0.5) is 0 Å². The fourth-order valence-electron chi connectivity index (χ4n) is 4.18. The number of ether oxygens (including phenoxy) is 1. The van der Waals surface area contributed by atoms with E-state index >= 15 is 0 Å². The summed E-state index contributed by atoms with van der Waals surface area (Å²) < 4.78 is 11.4. The molecule has 0 unspecified atom stereocenters. The highest BCUT2D eigenvalue weighted by Gasteiger charge is 2.35.